The Balaban J connectivity index is 1.67. The summed E-state index contributed by atoms with van der Waals surface area (Å²) in [4.78, 5) is 27.5. The Kier molecular flexibility index (Phi) is 4.80. The van der Waals surface area contributed by atoms with Gasteiger partial charge in [-0.15, -0.1) is 0 Å². The first-order chi connectivity index (χ1) is 13.6. The van der Waals surface area contributed by atoms with Gasteiger partial charge in [0.15, 0.2) is 5.78 Å². The predicted molar refractivity (Wildman–Crippen MR) is 106 cm³/mol. The van der Waals surface area contributed by atoms with Gasteiger partial charge < -0.3 is 5.11 Å². The van der Waals surface area contributed by atoms with E-state index in [1.165, 1.54) is 4.90 Å². The summed E-state index contributed by atoms with van der Waals surface area (Å²) in [7, 11) is 0. The molecule has 1 heterocycles. The molecule has 0 saturated heterocycles. The van der Waals surface area contributed by atoms with Crippen molar-refractivity contribution in [3.63, 3.8) is 0 Å². The van der Waals surface area contributed by atoms with Crippen molar-refractivity contribution in [3.8, 4) is 0 Å². The largest absolute Gasteiger partial charge is 0.361 e. The molecule has 0 spiro atoms. The minimum atomic E-state index is -1.95. The molecule has 1 amide bonds. The molecule has 4 nitrogen and oxygen atoms in total. The topological polar surface area (TPSA) is 57.6 Å². The fourth-order valence-corrected chi connectivity index (χ4v) is 3.74. The lowest BCUT2D eigenvalue weighted by molar-refractivity contribution is -0.156. The van der Waals surface area contributed by atoms with E-state index in [2.05, 4.69) is 0 Å². The van der Waals surface area contributed by atoms with E-state index in [9.17, 15) is 14.7 Å². The lowest BCUT2D eigenvalue weighted by Gasteiger charge is -2.33. The maximum absolute atomic E-state index is 13.2. The van der Waals surface area contributed by atoms with Crippen LogP contribution in [0.1, 0.15) is 33.5 Å². The SMILES string of the molecule is O=C1c2ccccc2C(O)(C(=O)CCc2ccccc2)N1Cc1ccccc1. The van der Waals surface area contributed by atoms with Gasteiger partial charge in [-0.05, 0) is 23.6 Å². The zero-order chi connectivity index (χ0) is 19.6. The van der Waals surface area contributed by atoms with Gasteiger partial charge in [-0.2, -0.15) is 0 Å². The zero-order valence-corrected chi connectivity index (χ0v) is 15.4. The number of fused-ring (bicyclic) bond motifs is 1. The van der Waals surface area contributed by atoms with Gasteiger partial charge in [0.05, 0.1) is 0 Å². The van der Waals surface area contributed by atoms with Gasteiger partial charge in [-0.3, -0.25) is 14.5 Å². The summed E-state index contributed by atoms with van der Waals surface area (Å²) in [6.07, 6.45) is 0.658. The number of nitrogens with zero attached hydrogens (tertiary/aromatic N) is 1. The molecule has 0 saturated carbocycles. The third-order valence-electron chi connectivity index (χ3n) is 5.22. The molecular formula is C24H21NO3. The van der Waals surface area contributed by atoms with Crippen LogP contribution in [0.2, 0.25) is 0 Å². The van der Waals surface area contributed by atoms with Crippen molar-refractivity contribution in [1.82, 2.24) is 4.90 Å². The molecule has 0 bridgehead atoms. The molecule has 4 rings (SSSR count). The third-order valence-corrected chi connectivity index (χ3v) is 5.22. The molecule has 1 aliphatic heterocycles. The van der Waals surface area contributed by atoms with Crippen molar-refractivity contribution < 1.29 is 14.7 Å². The number of carbonyl (C=O) groups is 2. The molecule has 140 valence electrons. The fourth-order valence-electron chi connectivity index (χ4n) is 3.74. The summed E-state index contributed by atoms with van der Waals surface area (Å²) in [5.74, 6) is -0.694. The Bertz CT molecular complexity index is 1000. The highest BCUT2D eigenvalue weighted by Gasteiger charge is 2.53. The summed E-state index contributed by atoms with van der Waals surface area (Å²) in [5.41, 5.74) is 0.686. The van der Waals surface area contributed by atoms with Crippen molar-refractivity contribution in [1.29, 1.82) is 0 Å². The van der Waals surface area contributed by atoms with E-state index in [1.54, 1.807) is 24.3 Å². The summed E-state index contributed by atoms with van der Waals surface area (Å²) in [6.45, 7) is 0.169. The van der Waals surface area contributed by atoms with Gasteiger partial charge in [-0.1, -0.05) is 78.9 Å². The standard InChI is InChI=1S/C24H21NO3/c26-22(16-15-18-9-3-1-4-10-18)24(28)21-14-8-7-13-20(21)23(27)25(24)17-19-11-5-2-6-12-19/h1-14,28H,15-17H2. The molecule has 1 unspecified atom stereocenters. The Morgan fingerprint density at radius 1 is 0.821 bits per heavy atom. The molecule has 0 aliphatic carbocycles. The average molecular weight is 371 g/mol. The van der Waals surface area contributed by atoms with E-state index in [4.69, 9.17) is 0 Å². The van der Waals surface area contributed by atoms with E-state index in [0.29, 0.717) is 17.5 Å². The summed E-state index contributed by atoms with van der Waals surface area (Å²) >= 11 is 0. The van der Waals surface area contributed by atoms with Gasteiger partial charge >= 0.3 is 0 Å². The highest BCUT2D eigenvalue weighted by molar-refractivity contribution is 6.06. The van der Waals surface area contributed by atoms with Gasteiger partial charge in [0, 0.05) is 24.1 Å². The first kappa shape index (κ1) is 18.1. The van der Waals surface area contributed by atoms with Gasteiger partial charge in [0.25, 0.3) is 5.91 Å². The van der Waals surface area contributed by atoms with Gasteiger partial charge in [0.1, 0.15) is 0 Å². The van der Waals surface area contributed by atoms with Gasteiger partial charge in [-0.25, -0.2) is 0 Å². The molecule has 0 aromatic heterocycles. The number of aliphatic hydroxyl groups is 1. The van der Waals surface area contributed by atoms with Crippen LogP contribution in [0.15, 0.2) is 84.9 Å². The smallest absolute Gasteiger partial charge is 0.257 e. The summed E-state index contributed by atoms with van der Waals surface area (Å²) in [6, 6.07) is 25.9. The normalized spacial score (nSPS) is 18.2. The van der Waals surface area contributed by atoms with Crippen LogP contribution in [-0.2, 0) is 23.5 Å². The van der Waals surface area contributed by atoms with Crippen LogP contribution in [0.5, 0.6) is 0 Å². The minimum Gasteiger partial charge on any atom is -0.361 e. The van der Waals surface area contributed by atoms with Crippen LogP contribution in [0.4, 0.5) is 0 Å². The first-order valence-electron chi connectivity index (χ1n) is 9.35. The second-order valence-corrected chi connectivity index (χ2v) is 7.00. The Labute approximate surface area is 164 Å². The molecule has 4 heteroatoms. The lowest BCUT2D eigenvalue weighted by atomic mass is 9.93. The number of amides is 1. The van der Waals surface area contributed by atoms with E-state index >= 15 is 0 Å². The molecule has 0 radical (unpaired) electrons. The predicted octanol–water partition coefficient (Wildman–Crippen LogP) is 3.69. The number of ketones is 1. The highest BCUT2D eigenvalue weighted by atomic mass is 16.3. The molecule has 28 heavy (non-hydrogen) atoms. The number of aryl methyl sites for hydroxylation is 1. The van der Waals surface area contributed by atoms with Crippen LogP contribution >= 0.6 is 0 Å². The maximum atomic E-state index is 13.2. The van der Waals surface area contributed by atoms with Crippen molar-refractivity contribution >= 4 is 11.7 Å². The first-order valence-corrected chi connectivity index (χ1v) is 9.35. The van der Waals surface area contributed by atoms with E-state index in [1.807, 2.05) is 60.7 Å². The number of rotatable bonds is 6. The zero-order valence-electron chi connectivity index (χ0n) is 15.4. The number of hydrogen-bond acceptors (Lipinski definition) is 3. The van der Waals surface area contributed by atoms with Crippen LogP contribution in [0.25, 0.3) is 0 Å². The molecule has 1 N–H and O–H groups in total. The van der Waals surface area contributed by atoms with Crippen molar-refractivity contribution in [2.45, 2.75) is 25.1 Å². The van der Waals surface area contributed by atoms with Crippen molar-refractivity contribution in [3.05, 3.63) is 107 Å². The molecule has 0 fully saturated rings. The molecular weight excluding hydrogens is 350 g/mol. The number of carbonyl (C=O) groups excluding carboxylic acids is 2. The number of hydrogen-bond donors (Lipinski definition) is 1. The van der Waals surface area contributed by atoms with Gasteiger partial charge in [0.2, 0.25) is 5.72 Å². The number of Topliss-reactive ketones (excluding diaryl/α,β-unsaturated/α-hetero) is 1. The minimum absolute atomic E-state index is 0.146. The second kappa shape index (κ2) is 7.41. The molecule has 3 aromatic carbocycles. The highest BCUT2D eigenvalue weighted by Crippen LogP contribution is 2.39. The molecule has 1 aliphatic rings. The maximum Gasteiger partial charge on any atom is 0.257 e. The van der Waals surface area contributed by atoms with E-state index in [-0.39, 0.29) is 24.7 Å². The monoisotopic (exact) mass is 371 g/mol. The Morgan fingerprint density at radius 3 is 2.07 bits per heavy atom. The summed E-state index contributed by atoms with van der Waals surface area (Å²) in [5, 5.41) is 11.5. The fraction of sp³-hybridized carbons (Fsp3) is 0.167. The van der Waals surface area contributed by atoms with Crippen LogP contribution < -0.4 is 0 Å². The summed E-state index contributed by atoms with van der Waals surface area (Å²) < 4.78 is 0. The van der Waals surface area contributed by atoms with Crippen LogP contribution in [-0.4, -0.2) is 21.7 Å². The second-order valence-electron chi connectivity index (χ2n) is 7.00. The number of benzene rings is 3. The van der Waals surface area contributed by atoms with Crippen molar-refractivity contribution in [2.24, 2.45) is 0 Å². The van der Waals surface area contributed by atoms with Crippen LogP contribution in [0.3, 0.4) is 0 Å². The molecule has 3 aromatic rings. The van der Waals surface area contributed by atoms with E-state index in [0.717, 1.165) is 11.1 Å². The molecule has 1 atom stereocenters. The Morgan fingerprint density at radius 2 is 1.39 bits per heavy atom. The third kappa shape index (κ3) is 3.12. The Hall–Kier alpha value is -3.24. The lowest BCUT2D eigenvalue weighted by Crippen LogP contribution is -2.49. The van der Waals surface area contributed by atoms with Crippen LogP contribution in [0, 0.1) is 0 Å². The quantitative estimate of drug-likeness (QED) is 0.719. The van der Waals surface area contributed by atoms with Crippen molar-refractivity contribution in [2.75, 3.05) is 0 Å². The average Bonchev–Trinajstić information content (AvgIpc) is 2.96. The van der Waals surface area contributed by atoms with E-state index < -0.39 is 5.72 Å².